The van der Waals surface area contributed by atoms with Crippen molar-refractivity contribution in [3.63, 3.8) is 0 Å². The summed E-state index contributed by atoms with van der Waals surface area (Å²) in [5.74, 6) is -0.110. The first-order valence-corrected chi connectivity index (χ1v) is 5.83. The van der Waals surface area contributed by atoms with Crippen LogP contribution in [0.5, 0.6) is 0 Å². The van der Waals surface area contributed by atoms with E-state index >= 15 is 0 Å². The van der Waals surface area contributed by atoms with Crippen LogP contribution >= 0.6 is 0 Å². The van der Waals surface area contributed by atoms with Crippen molar-refractivity contribution in [1.29, 1.82) is 0 Å². The van der Waals surface area contributed by atoms with Crippen LogP contribution in [0.2, 0.25) is 0 Å². The fourth-order valence-electron chi connectivity index (χ4n) is 1.57. The number of carbonyl (C=O) groups is 1. The van der Waals surface area contributed by atoms with Gasteiger partial charge in [0, 0.05) is 6.42 Å². The van der Waals surface area contributed by atoms with Crippen LogP contribution in [0, 0.1) is 5.92 Å². The zero-order chi connectivity index (χ0) is 12.1. The molecule has 2 nitrogen and oxygen atoms in total. The molecule has 0 spiro atoms. The lowest BCUT2D eigenvalue weighted by atomic mass is 9.97. The first kappa shape index (κ1) is 12.9. The van der Waals surface area contributed by atoms with E-state index in [4.69, 9.17) is 0 Å². The summed E-state index contributed by atoms with van der Waals surface area (Å²) >= 11 is 0. The first-order chi connectivity index (χ1) is 7.54. The van der Waals surface area contributed by atoms with Gasteiger partial charge in [0.15, 0.2) is 5.78 Å². The summed E-state index contributed by atoms with van der Waals surface area (Å²) in [6.07, 6.45) is 0.484. The van der Waals surface area contributed by atoms with Crippen molar-refractivity contribution in [1.82, 2.24) is 0 Å². The first-order valence-electron chi connectivity index (χ1n) is 5.83. The molecule has 0 radical (unpaired) electrons. The van der Waals surface area contributed by atoms with Crippen LogP contribution in [0.1, 0.15) is 31.9 Å². The Labute approximate surface area is 97.3 Å². The van der Waals surface area contributed by atoms with Gasteiger partial charge in [-0.2, -0.15) is 0 Å². The number of aliphatic hydroxyl groups is 1. The minimum Gasteiger partial charge on any atom is -0.385 e. The van der Waals surface area contributed by atoms with E-state index < -0.39 is 6.10 Å². The SMILES string of the molecule is CCc1ccc(CC(=O)C(O)C(C)C)cc1. The second-order valence-electron chi connectivity index (χ2n) is 4.50. The van der Waals surface area contributed by atoms with Crippen molar-refractivity contribution >= 4 is 5.78 Å². The zero-order valence-electron chi connectivity index (χ0n) is 10.2. The van der Waals surface area contributed by atoms with E-state index in [1.807, 2.05) is 38.1 Å². The maximum absolute atomic E-state index is 11.7. The van der Waals surface area contributed by atoms with Crippen molar-refractivity contribution in [2.75, 3.05) is 0 Å². The highest BCUT2D eigenvalue weighted by Gasteiger charge is 2.18. The Balaban J connectivity index is 2.62. The molecule has 1 rings (SSSR count). The van der Waals surface area contributed by atoms with E-state index in [1.165, 1.54) is 5.56 Å². The smallest absolute Gasteiger partial charge is 0.165 e. The van der Waals surface area contributed by atoms with Crippen LogP contribution in [0.4, 0.5) is 0 Å². The Bertz CT molecular complexity index is 338. The molecule has 1 unspecified atom stereocenters. The summed E-state index contributed by atoms with van der Waals surface area (Å²) in [5, 5.41) is 9.61. The third-order valence-electron chi connectivity index (χ3n) is 2.77. The Morgan fingerprint density at radius 1 is 1.19 bits per heavy atom. The number of hydrogen-bond acceptors (Lipinski definition) is 2. The average molecular weight is 220 g/mol. The lowest BCUT2D eigenvalue weighted by Gasteiger charge is -2.12. The van der Waals surface area contributed by atoms with Crippen LogP contribution in [0.3, 0.4) is 0 Å². The zero-order valence-corrected chi connectivity index (χ0v) is 10.2. The largest absolute Gasteiger partial charge is 0.385 e. The number of ketones is 1. The second kappa shape index (κ2) is 5.80. The molecule has 0 bridgehead atoms. The lowest BCUT2D eigenvalue weighted by molar-refractivity contribution is -0.128. The summed E-state index contributed by atoms with van der Waals surface area (Å²) in [5.41, 5.74) is 2.24. The van der Waals surface area contributed by atoms with E-state index in [-0.39, 0.29) is 11.7 Å². The van der Waals surface area contributed by atoms with Gasteiger partial charge in [0.05, 0.1) is 0 Å². The maximum Gasteiger partial charge on any atom is 0.165 e. The van der Waals surface area contributed by atoms with Crippen molar-refractivity contribution < 1.29 is 9.90 Å². The molecule has 1 atom stereocenters. The molecule has 1 N–H and O–H groups in total. The summed E-state index contributed by atoms with van der Waals surface area (Å²) in [4.78, 5) is 11.7. The average Bonchev–Trinajstić information content (AvgIpc) is 2.28. The van der Waals surface area contributed by atoms with Gasteiger partial charge < -0.3 is 5.11 Å². The van der Waals surface area contributed by atoms with E-state index in [2.05, 4.69) is 6.92 Å². The molecule has 0 aliphatic rings. The van der Waals surface area contributed by atoms with Crippen LogP contribution in [-0.4, -0.2) is 17.0 Å². The van der Waals surface area contributed by atoms with Gasteiger partial charge in [-0.05, 0) is 23.5 Å². The van der Waals surface area contributed by atoms with Crippen molar-refractivity contribution in [3.05, 3.63) is 35.4 Å². The number of hydrogen-bond donors (Lipinski definition) is 1. The Kier molecular flexibility index (Phi) is 4.69. The Morgan fingerprint density at radius 3 is 2.12 bits per heavy atom. The van der Waals surface area contributed by atoms with Gasteiger partial charge >= 0.3 is 0 Å². The number of rotatable bonds is 5. The van der Waals surface area contributed by atoms with Gasteiger partial charge in [0.25, 0.3) is 0 Å². The van der Waals surface area contributed by atoms with Crippen molar-refractivity contribution in [3.8, 4) is 0 Å². The monoisotopic (exact) mass is 220 g/mol. The number of benzene rings is 1. The molecule has 0 aliphatic carbocycles. The van der Waals surface area contributed by atoms with E-state index in [1.54, 1.807) is 0 Å². The number of Topliss-reactive ketones (excluding diaryl/α,β-unsaturated/α-hetero) is 1. The molecule has 0 fully saturated rings. The van der Waals surface area contributed by atoms with Crippen LogP contribution in [0.15, 0.2) is 24.3 Å². The third-order valence-corrected chi connectivity index (χ3v) is 2.77. The molecule has 0 aliphatic heterocycles. The predicted octanol–water partition coefficient (Wildman–Crippen LogP) is 2.38. The number of carbonyl (C=O) groups excluding carboxylic acids is 1. The molecule has 1 aromatic rings. The molecule has 2 heteroatoms. The number of aliphatic hydroxyl groups excluding tert-OH is 1. The summed E-state index contributed by atoms with van der Waals surface area (Å²) in [6, 6.07) is 7.99. The van der Waals surface area contributed by atoms with Gasteiger partial charge in [-0.15, -0.1) is 0 Å². The second-order valence-corrected chi connectivity index (χ2v) is 4.50. The van der Waals surface area contributed by atoms with Crippen LogP contribution in [0.25, 0.3) is 0 Å². The van der Waals surface area contributed by atoms with E-state index in [0.717, 1.165) is 12.0 Å². The molecular weight excluding hydrogens is 200 g/mol. The molecule has 0 heterocycles. The van der Waals surface area contributed by atoms with Gasteiger partial charge in [-0.3, -0.25) is 4.79 Å². The quantitative estimate of drug-likeness (QED) is 0.827. The molecule has 1 aromatic carbocycles. The predicted molar refractivity (Wildman–Crippen MR) is 65.4 cm³/mol. The molecular formula is C14H20O2. The maximum atomic E-state index is 11.7. The van der Waals surface area contributed by atoms with Crippen molar-refractivity contribution in [2.24, 2.45) is 5.92 Å². The molecule has 0 aromatic heterocycles. The van der Waals surface area contributed by atoms with Gasteiger partial charge in [0.2, 0.25) is 0 Å². The topological polar surface area (TPSA) is 37.3 Å². The van der Waals surface area contributed by atoms with Crippen LogP contribution < -0.4 is 0 Å². The normalized spacial score (nSPS) is 12.8. The van der Waals surface area contributed by atoms with E-state index in [9.17, 15) is 9.90 Å². The van der Waals surface area contributed by atoms with Crippen LogP contribution in [-0.2, 0) is 17.6 Å². The Morgan fingerprint density at radius 2 is 1.69 bits per heavy atom. The van der Waals surface area contributed by atoms with Crippen molar-refractivity contribution in [2.45, 2.75) is 39.7 Å². The molecule has 0 saturated carbocycles. The summed E-state index contributed by atoms with van der Waals surface area (Å²) in [7, 11) is 0. The highest BCUT2D eigenvalue weighted by atomic mass is 16.3. The highest BCUT2D eigenvalue weighted by Crippen LogP contribution is 2.10. The van der Waals surface area contributed by atoms with Gasteiger partial charge in [-0.1, -0.05) is 45.0 Å². The van der Waals surface area contributed by atoms with E-state index in [0.29, 0.717) is 6.42 Å². The fourth-order valence-corrected chi connectivity index (χ4v) is 1.57. The Hall–Kier alpha value is -1.15. The minimum atomic E-state index is -0.842. The highest BCUT2D eigenvalue weighted by molar-refractivity contribution is 5.85. The number of aryl methyl sites for hydroxylation is 1. The summed E-state index contributed by atoms with van der Waals surface area (Å²) < 4.78 is 0. The fraction of sp³-hybridized carbons (Fsp3) is 0.500. The van der Waals surface area contributed by atoms with Gasteiger partial charge in [-0.25, -0.2) is 0 Å². The minimum absolute atomic E-state index is 0.0117. The third kappa shape index (κ3) is 3.46. The van der Waals surface area contributed by atoms with Gasteiger partial charge in [0.1, 0.15) is 6.10 Å². The molecule has 0 amide bonds. The molecule has 88 valence electrons. The molecule has 16 heavy (non-hydrogen) atoms. The lowest BCUT2D eigenvalue weighted by Crippen LogP contribution is -2.27. The standard InChI is InChI=1S/C14H20O2/c1-4-11-5-7-12(8-6-11)9-13(15)14(16)10(2)3/h5-8,10,14,16H,4,9H2,1-3H3. The molecule has 0 saturated heterocycles. The summed E-state index contributed by atoms with van der Waals surface area (Å²) in [6.45, 7) is 5.80.